The molecule has 0 spiro atoms. The van der Waals surface area contributed by atoms with E-state index in [4.69, 9.17) is 5.73 Å². The van der Waals surface area contributed by atoms with Crippen LogP contribution in [0.1, 0.15) is 66.7 Å². The molecule has 0 heterocycles. The summed E-state index contributed by atoms with van der Waals surface area (Å²) in [6.45, 7) is 14.1. The summed E-state index contributed by atoms with van der Waals surface area (Å²) in [6, 6.07) is 0.618. The summed E-state index contributed by atoms with van der Waals surface area (Å²) in [5.74, 6) is 1.66. The van der Waals surface area contributed by atoms with Crippen molar-refractivity contribution in [3.8, 4) is 0 Å². The fraction of sp³-hybridized carbons (Fsp3) is 1.00. The fourth-order valence-corrected chi connectivity index (χ4v) is 4.25. The van der Waals surface area contributed by atoms with Gasteiger partial charge >= 0.3 is 0 Å². The standard InChI is InChI=1S/C17H34N2/c1-13(2)19(11-15-6-7-15)17(12-18)9-8-16(4,5)10-14(17)3/h13-15H,6-12,18H2,1-5H3. The molecule has 0 radical (unpaired) electrons. The highest BCUT2D eigenvalue weighted by Crippen LogP contribution is 2.47. The molecule has 0 aromatic carbocycles. The Morgan fingerprint density at radius 3 is 2.26 bits per heavy atom. The maximum absolute atomic E-state index is 6.31. The van der Waals surface area contributed by atoms with E-state index in [0.717, 1.165) is 12.5 Å². The highest BCUT2D eigenvalue weighted by atomic mass is 15.2. The molecule has 0 bridgehead atoms. The number of nitrogens with zero attached hydrogens (tertiary/aromatic N) is 1. The van der Waals surface area contributed by atoms with Crippen LogP contribution in [0, 0.1) is 17.3 Å². The van der Waals surface area contributed by atoms with Gasteiger partial charge in [0.1, 0.15) is 0 Å². The van der Waals surface area contributed by atoms with E-state index in [2.05, 4.69) is 39.5 Å². The molecule has 2 N–H and O–H groups in total. The number of rotatable bonds is 5. The Bertz CT molecular complexity index is 306. The quantitative estimate of drug-likeness (QED) is 0.823. The van der Waals surface area contributed by atoms with Crippen LogP contribution in [0.15, 0.2) is 0 Å². The van der Waals surface area contributed by atoms with Crippen LogP contribution in [0.3, 0.4) is 0 Å². The Morgan fingerprint density at radius 1 is 1.21 bits per heavy atom. The van der Waals surface area contributed by atoms with Gasteiger partial charge in [-0.25, -0.2) is 0 Å². The minimum absolute atomic E-state index is 0.256. The van der Waals surface area contributed by atoms with Crippen molar-refractivity contribution in [2.75, 3.05) is 13.1 Å². The molecule has 0 saturated heterocycles. The van der Waals surface area contributed by atoms with Gasteiger partial charge in [0.15, 0.2) is 0 Å². The van der Waals surface area contributed by atoms with E-state index in [1.165, 1.54) is 38.6 Å². The maximum Gasteiger partial charge on any atom is 0.0360 e. The van der Waals surface area contributed by atoms with Crippen molar-refractivity contribution >= 4 is 0 Å². The van der Waals surface area contributed by atoms with Crippen LogP contribution in [0.2, 0.25) is 0 Å². The monoisotopic (exact) mass is 266 g/mol. The van der Waals surface area contributed by atoms with Gasteiger partial charge in [0.05, 0.1) is 0 Å². The van der Waals surface area contributed by atoms with Gasteiger partial charge in [0, 0.05) is 24.7 Å². The summed E-state index contributed by atoms with van der Waals surface area (Å²) < 4.78 is 0. The Balaban J connectivity index is 2.18. The first-order valence-corrected chi connectivity index (χ1v) is 8.27. The van der Waals surface area contributed by atoms with E-state index >= 15 is 0 Å². The summed E-state index contributed by atoms with van der Waals surface area (Å²) in [6.07, 6.45) is 6.79. The van der Waals surface area contributed by atoms with Crippen LogP contribution in [0.4, 0.5) is 0 Å². The van der Waals surface area contributed by atoms with Gasteiger partial charge in [-0.2, -0.15) is 0 Å². The Hall–Kier alpha value is -0.0800. The highest BCUT2D eigenvalue weighted by molar-refractivity contribution is 5.03. The van der Waals surface area contributed by atoms with Gasteiger partial charge < -0.3 is 5.73 Å². The van der Waals surface area contributed by atoms with Crippen molar-refractivity contribution in [3.63, 3.8) is 0 Å². The van der Waals surface area contributed by atoms with E-state index in [-0.39, 0.29) is 5.54 Å². The number of hydrogen-bond acceptors (Lipinski definition) is 2. The first kappa shape index (κ1) is 15.3. The third-order valence-corrected chi connectivity index (χ3v) is 5.71. The van der Waals surface area contributed by atoms with Crippen LogP contribution in [0.5, 0.6) is 0 Å². The first-order valence-electron chi connectivity index (χ1n) is 8.27. The average Bonchev–Trinajstić information content (AvgIpc) is 3.10. The lowest BCUT2D eigenvalue weighted by molar-refractivity contribution is -0.0420. The fourth-order valence-electron chi connectivity index (χ4n) is 4.25. The molecule has 2 nitrogen and oxygen atoms in total. The molecular formula is C17H34N2. The second-order valence-electron chi connectivity index (χ2n) is 8.27. The maximum atomic E-state index is 6.31. The molecule has 2 unspecified atom stereocenters. The predicted molar refractivity (Wildman–Crippen MR) is 83.1 cm³/mol. The van der Waals surface area contributed by atoms with Gasteiger partial charge in [-0.05, 0) is 63.2 Å². The zero-order valence-corrected chi connectivity index (χ0v) is 13.7. The second kappa shape index (κ2) is 5.37. The zero-order valence-electron chi connectivity index (χ0n) is 13.7. The van der Waals surface area contributed by atoms with E-state index in [1.807, 2.05) is 0 Å². The number of hydrogen-bond donors (Lipinski definition) is 1. The molecule has 2 aliphatic rings. The minimum Gasteiger partial charge on any atom is -0.329 e. The van der Waals surface area contributed by atoms with Gasteiger partial charge in [-0.15, -0.1) is 0 Å². The lowest BCUT2D eigenvalue weighted by Crippen LogP contribution is -2.63. The molecule has 2 atom stereocenters. The molecule has 0 amide bonds. The summed E-state index contributed by atoms with van der Waals surface area (Å²) in [5.41, 5.74) is 7.07. The molecule has 19 heavy (non-hydrogen) atoms. The predicted octanol–water partition coefficient (Wildman–Crippen LogP) is 3.65. The summed E-state index contributed by atoms with van der Waals surface area (Å²) in [5, 5.41) is 0. The molecule has 0 aromatic rings. The Kier molecular flexibility index (Phi) is 4.32. The molecule has 2 aliphatic carbocycles. The number of nitrogens with two attached hydrogens (primary N) is 1. The van der Waals surface area contributed by atoms with Crippen LogP contribution in [-0.4, -0.2) is 29.6 Å². The smallest absolute Gasteiger partial charge is 0.0360 e. The highest BCUT2D eigenvalue weighted by Gasteiger charge is 2.48. The van der Waals surface area contributed by atoms with Crippen LogP contribution in [-0.2, 0) is 0 Å². The van der Waals surface area contributed by atoms with Gasteiger partial charge in [0.2, 0.25) is 0 Å². The van der Waals surface area contributed by atoms with Crippen molar-refractivity contribution in [2.45, 2.75) is 78.3 Å². The Morgan fingerprint density at radius 2 is 1.84 bits per heavy atom. The molecule has 112 valence electrons. The molecule has 2 rings (SSSR count). The molecule has 2 saturated carbocycles. The van der Waals surface area contributed by atoms with Crippen LogP contribution >= 0.6 is 0 Å². The lowest BCUT2D eigenvalue weighted by atomic mass is 9.63. The topological polar surface area (TPSA) is 29.3 Å². The summed E-state index contributed by atoms with van der Waals surface area (Å²) >= 11 is 0. The zero-order chi connectivity index (χ0) is 14.3. The molecule has 0 aliphatic heterocycles. The van der Waals surface area contributed by atoms with E-state index < -0.39 is 0 Å². The normalized spacial score (nSPS) is 35.1. The van der Waals surface area contributed by atoms with Crippen LogP contribution in [0.25, 0.3) is 0 Å². The van der Waals surface area contributed by atoms with E-state index in [9.17, 15) is 0 Å². The third kappa shape index (κ3) is 3.16. The van der Waals surface area contributed by atoms with Crippen molar-refractivity contribution < 1.29 is 0 Å². The van der Waals surface area contributed by atoms with Crippen molar-refractivity contribution in [1.29, 1.82) is 0 Å². The van der Waals surface area contributed by atoms with Crippen molar-refractivity contribution in [3.05, 3.63) is 0 Å². The van der Waals surface area contributed by atoms with E-state index in [0.29, 0.717) is 17.4 Å². The van der Waals surface area contributed by atoms with E-state index in [1.54, 1.807) is 0 Å². The van der Waals surface area contributed by atoms with Crippen molar-refractivity contribution in [2.24, 2.45) is 23.0 Å². The van der Waals surface area contributed by atoms with Gasteiger partial charge in [-0.3, -0.25) is 4.90 Å². The first-order chi connectivity index (χ1) is 8.81. The van der Waals surface area contributed by atoms with Gasteiger partial charge in [0.25, 0.3) is 0 Å². The summed E-state index contributed by atoms with van der Waals surface area (Å²) in [4.78, 5) is 2.77. The molecule has 2 fully saturated rings. The van der Waals surface area contributed by atoms with Gasteiger partial charge in [-0.1, -0.05) is 20.8 Å². The molecule has 2 heteroatoms. The second-order valence-corrected chi connectivity index (χ2v) is 8.27. The Labute approximate surface area is 120 Å². The summed E-state index contributed by atoms with van der Waals surface area (Å²) in [7, 11) is 0. The lowest BCUT2D eigenvalue weighted by Gasteiger charge is -2.55. The minimum atomic E-state index is 0.256. The SMILES string of the molecule is CC(C)N(CC1CC1)C1(CN)CCC(C)(C)CC1C. The van der Waals surface area contributed by atoms with Crippen LogP contribution < -0.4 is 5.73 Å². The average molecular weight is 266 g/mol. The molecule has 0 aromatic heterocycles. The third-order valence-electron chi connectivity index (χ3n) is 5.71. The van der Waals surface area contributed by atoms with Crippen molar-refractivity contribution in [1.82, 2.24) is 4.90 Å². The largest absolute Gasteiger partial charge is 0.329 e. The molecular weight excluding hydrogens is 232 g/mol.